The standard InChI is InChI=1S/C19H19N3O5S/c1-12-5-3-4-6-15(12)27-11-16(23)21-22-19(28)20-17(24)13-7-9-14(10-8-13)18(25)26-2/h3-10H,11H2,1-2H3,(H,21,23)(H2,20,22,24,28). The fourth-order valence-electron chi connectivity index (χ4n) is 2.11. The number of rotatable bonds is 5. The van der Waals surface area contributed by atoms with Gasteiger partial charge in [0, 0.05) is 5.56 Å². The van der Waals surface area contributed by atoms with Crippen molar-refractivity contribution >= 4 is 35.1 Å². The van der Waals surface area contributed by atoms with E-state index >= 15 is 0 Å². The van der Waals surface area contributed by atoms with Crippen LogP contribution in [0.25, 0.3) is 0 Å². The van der Waals surface area contributed by atoms with Crippen LogP contribution in [0.1, 0.15) is 26.3 Å². The maximum atomic E-state index is 12.1. The van der Waals surface area contributed by atoms with Gasteiger partial charge in [0.1, 0.15) is 5.75 Å². The van der Waals surface area contributed by atoms with Gasteiger partial charge in [-0.25, -0.2) is 4.79 Å². The van der Waals surface area contributed by atoms with Crippen molar-refractivity contribution in [3.8, 4) is 5.75 Å². The normalized spacial score (nSPS) is 9.79. The number of benzene rings is 2. The summed E-state index contributed by atoms with van der Waals surface area (Å²) in [4.78, 5) is 35.3. The van der Waals surface area contributed by atoms with E-state index in [0.717, 1.165) is 5.56 Å². The first-order chi connectivity index (χ1) is 13.4. The summed E-state index contributed by atoms with van der Waals surface area (Å²) in [7, 11) is 1.27. The Kier molecular flexibility index (Phi) is 7.46. The van der Waals surface area contributed by atoms with Crippen molar-refractivity contribution < 1.29 is 23.9 Å². The molecule has 0 aromatic heterocycles. The fourth-order valence-corrected chi connectivity index (χ4v) is 2.25. The third-order valence-corrected chi connectivity index (χ3v) is 3.77. The number of ether oxygens (including phenoxy) is 2. The number of hydrazine groups is 1. The van der Waals surface area contributed by atoms with Gasteiger partial charge in [0.15, 0.2) is 11.7 Å². The smallest absolute Gasteiger partial charge is 0.337 e. The maximum absolute atomic E-state index is 12.1. The SMILES string of the molecule is COC(=O)c1ccc(C(=O)NC(=S)NNC(=O)COc2ccccc2C)cc1. The summed E-state index contributed by atoms with van der Waals surface area (Å²) in [6, 6.07) is 13.1. The van der Waals surface area contributed by atoms with Crippen LogP contribution in [0.5, 0.6) is 5.75 Å². The molecule has 146 valence electrons. The zero-order valence-electron chi connectivity index (χ0n) is 15.3. The van der Waals surface area contributed by atoms with Gasteiger partial charge in [-0.1, -0.05) is 18.2 Å². The Morgan fingerprint density at radius 3 is 2.25 bits per heavy atom. The second kappa shape index (κ2) is 10.0. The highest BCUT2D eigenvalue weighted by Gasteiger charge is 2.11. The molecule has 0 unspecified atom stereocenters. The van der Waals surface area contributed by atoms with Gasteiger partial charge in [0.2, 0.25) is 0 Å². The van der Waals surface area contributed by atoms with E-state index in [1.807, 2.05) is 19.1 Å². The number of aryl methyl sites for hydroxylation is 1. The Hall–Kier alpha value is -3.46. The number of para-hydroxylation sites is 1. The number of hydrogen-bond acceptors (Lipinski definition) is 6. The molecule has 0 saturated carbocycles. The van der Waals surface area contributed by atoms with E-state index in [9.17, 15) is 14.4 Å². The number of methoxy groups -OCH3 is 1. The van der Waals surface area contributed by atoms with Crippen molar-refractivity contribution in [2.24, 2.45) is 0 Å². The van der Waals surface area contributed by atoms with Crippen molar-refractivity contribution in [3.05, 3.63) is 65.2 Å². The lowest BCUT2D eigenvalue weighted by atomic mass is 10.1. The molecule has 2 amide bonds. The Bertz CT molecular complexity index is 883. The van der Waals surface area contributed by atoms with Gasteiger partial charge < -0.3 is 9.47 Å². The lowest BCUT2D eigenvalue weighted by Gasteiger charge is -2.12. The minimum atomic E-state index is -0.501. The van der Waals surface area contributed by atoms with Crippen LogP contribution in [0.4, 0.5) is 0 Å². The van der Waals surface area contributed by atoms with Crippen molar-refractivity contribution in [2.75, 3.05) is 13.7 Å². The predicted octanol–water partition coefficient (Wildman–Crippen LogP) is 1.50. The quantitative estimate of drug-likeness (QED) is 0.396. The Morgan fingerprint density at radius 2 is 1.61 bits per heavy atom. The van der Waals surface area contributed by atoms with Crippen molar-refractivity contribution in [1.82, 2.24) is 16.2 Å². The zero-order valence-corrected chi connectivity index (χ0v) is 16.1. The summed E-state index contributed by atoms with van der Waals surface area (Å²) in [5, 5.41) is 2.32. The third-order valence-electron chi connectivity index (χ3n) is 3.56. The Labute approximate surface area is 167 Å². The second-order valence-corrected chi connectivity index (χ2v) is 5.99. The highest BCUT2D eigenvalue weighted by molar-refractivity contribution is 7.80. The molecule has 9 heteroatoms. The molecule has 0 heterocycles. The molecule has 2 aromatic carbocycles. The van der Waals surface area contributed by atoms with E-state index in [2.05, 4.69) is 20.9 Å². The average molecular weight is 401 g/mol. The Balaban J connectivity index is 1.77. The van der Waals surface area contributed by atoms with Crippen LogP contribution < -0.4 is 20.9 Å². The molecular weight excluding hydrogens is 382 g/mol. The second-order valence-electron chi connectivity index (χ2n) is 5.58. The van der Waals surface area contributed by atoms with Crippen LogP contribution >= 0.6 is 12.2 Å². The number of carbonyl (C=O) groups excluding carboxylic acids is 3. The Morgan fingerprint density at radius 1 is 0.964 bits per heavy atom. The van der Waals surface area contributed by atoms with Crippen LogP contribution in [0, 0.1) is 6.92 Å². The van der Waals surface area contributed by atoms with E-state index in [1.54, 1.807) is 12.1 Å². The molecule has 0 bridgehead atoms. The zero-order chi connectivity index (χ0) is 20.5. The summed E-state index contributed by atoms with van der Waals surface area (Å²) < 4.78 is 9.99. The molecule has 0 radical (unpaired) electrons. The molecule has 0 aliphatic rings. The van der Waals surface area contributed by atoms with Gasteiger partial charge in [-0.2, -0.15) is 0 Å². The molecule has 2 aromatic rings. The number of amides is 2. The molecule has 8 nitrogen and oxygen atoms in total. The third kappa shape index (κ3) is 6.06. The number of nitrogens with one attached hydrogen (secondary N) is 3. The molecule has 0 saturated heterocycles. The first kappa shape index (κ1) is 20.8. The maximum Gasteiger partial charge on any atom is 0.337 e. The van der Waals surface area contributed by atoms with Crippen molar-refractivity contribution in [3.63, 3.8) is 0 Å². The van der Waals surface area contributed by atoms with Gasteiger partial charge in [0.05, 0.1) is 12.7 Å². The minimum Gasteiger partial charge on any atom is -0.483 e. The van der Waals surface area contributed by atoms with Crippen molar-refractivity contribution in [1.29, 1.82) is 0 Å². The highest BCUT2D eigenvalue weighted by atomic mass is 32.1. The summed E-state index contributed by atoms with van der Waals surface area (Å²) in [5.41, 5.74) is 6.26. The van der Waals surface area contributed by atoms with Crippen LogP contribution in [-0.4, -0.2) is 36.6 Å². The van der Waals surface area contributed by atoms with Crippen LogP contribution in [0.3, 0.4) is 0 Å². The summed E-state index contributed by atoms with van der Waals surface area (Å²) in [6.07, 6.45) is 0. The predicted molar refractivity (Wildman–Crippen MR) is 106 cm³/mol. The number of carbonyl (C=O) groups is 3. The molecule has 0 aliphatic heterocycles. The van der Waals surface area contributed by atoms with Gasteiger partial charge in [0.25, 0.3) is 11.8 Å². The minimum absolute atomic E-state index is 0.0914. The van der Waals surface area contributed by atoms with E-state index in [0.29, 0.717) is 11.3 Å². The molecule has 3 N–H and O–H groups in total. The van der Waals surface area contributed by atoms with E-state index in [1.165, 1.54) is 31.4 Å². The molecule has 0 spiro atoms. The first-order valence-electron chi connectivity index (χ1n) is 8.17. The highest BCUT2D eigenvalue weighted by Crippen LogP contribution is 2.15. The summed E-state index contributed by atoms with van der Waals surface area (Å²) in [6.45, 7) is 1.65. The van der Waals surface area contributed by atoms with E-state index in [-0.39, 0.29) is 17.3 Å². The largest absolute Gasteiger partial charge is 0.483 e. The number of esters is 1. The molecule has 28 heavy (non-hydrogen) atoms. The molecule has 2 rings (SSSR count). The van der Waals surface area contributed by atoms with Gasteiger partial charge in [-0.3, -0.25) is 25.8 Å². The summed E-state index contributed by atoms with van der Waals surface area (Å²) >= 11 is 4.96. The van der Waals surface area contributed by atoms with Gasteiger partial charge >= 0.3 is 5.97 Å². The molecule has 0 fully saturated rings. The first-order valence-corrected chi connectivity index (χ1v) is 8.58. The molecular formula is C19H19N3O5S. The topological polar surface area (TPSA) is 106 Å². The van der Waals surface area contributed by atoms with E-state index in [4.69, 9.17) is 17.0 Å². The lowest BCUT2D eigenvalue weighted by Crippen LogP contribution is -2.49. The van der Waals surface area contributed by atoms with Gasteiger partial charge in [-0.05, 0) is 55.0 Å². The van der Waals surface area contributed by atoms with Crippen LogP contribution in [0.2, 0.25) is 0 Å². The monoisotopic (exact) mass is 401 g/mol. The van der Waals surface area contributed by atoms with Crippen LogP contribution in [-0.2, 0) is 9.53 Å². The number of hydrogen-bond donors (Lipinski definition) is 3. The van der Waals surface area contributed by atoms with Crippen LogP contribution in [0.15, 0.2) is 48.5 Å². The molecule has 0 aliphatic carbocycles. The fraction of sp³-hybridized carbons (Fsp3) is 0.158. The number of thiocarbonyl (C=S) groups is 1. The van der Waals surface area contributed by atoms with Gasteiger partial charge in [-0.15, -0.1) is 0 Å². The average Bonchev–Trinajstić information content (AvgIpc) is 2.71. The lowest BCUT2D eigenvalue weighted by molar-refractivity contribution is -0.123. The van der Waals surface area contributed by atoms with E-state index < -0.39 is 17.8 Å². The summed E-state index contributed by atoms with van der Waals surface area (Å²) in [5.74, 6) is -0.870. The molecule has 0 atom stereocenters. The van der Waals surface area contributed by atoms with Crippen molar-refractivity contribution in [2.45, 2.75) is 6.92 Å².